The summed E-state index contributed by atoms with van der Waals surface area (Å²) in [4.78, 5) is 14.7. The maximum Gasteiger partial charge on any atom is 0.416 e. The average molecular weight is 362 g/mol. The van der Waals surface area contributed by atoms with E-state index in [4.69, 9.17) is 0 Å². The van der Waals surface area contributed by atoms with E-state index in [9.17, 15) is 18.0 Å². The first-order chi connectivity index (χ1) is 12.4. The predicted molar refractivity (Wildman–Crippen MR) is 94.5 cm³/mol. The van der Waals surface area contributed by atoms with E-state index in [0.29, 0.717) is 6.54 Å². The van der Waals surface area contributed by atoms with Crippen LogP contribution in [0.25, 0.3) is 0 Å². The average Bonchev–Trinajstić information content (AvgIpc) is 2.62. The van der Waals surface area contributed by atoms with E-state index in [0.717, 1.165) is 38.1 Å². The van der Waals surface area contributed by atoms with Crippen molar-refractivity contribution in [2.75, 3.05) is 18.4 Å². The number of halogens is 3. The Balaban J connectivity index is 1.61. The van der Waals surface area contributed by atoms with Gasteiger partial charge in [-0.1, -0.05) is 36.4 Å². The largest absolute Gasteiger partial charge is 0.416 e. The molecule has 1 N–H and O–H groups in total. The van der Waals surface area contributed by atoms with Gasteiger partial charge >= 0.3 is 6.18 Å². The normalized spacial score (nSPS) is 18.5. The van der Waals surface area contributed by atoms with Crippen molar-refractivity contribution in [2.45, 2.75) is 25.6 Å². The van der Waals surface area contributed by atoms with Crippen molar-refractivity contribution in [1.82, 2.24) is 4.90 Å². The molecule has 6 heteroatoms. The molecule has 1 aliphatic rings. The molecule has 0 unspecified atom stereocenters. The van der Waals surface area contributed by atoms with Crippen LogP contribution in [0.5, 0.6) is 0 Å². The molecule has 0 radical (unpaired) electrons. The minimum atomic E-state index is -4.42. The van der Waals surface area contributed by atoms with Gasteiger partial charge in [0.25, 0.3) is 0 Å². The van der Waals surface area contributed by atoms with Crippen molar-refractivity contribution in [2.24, 2.45) is 5.92 Å². The summed E-state index contributed by atoms with van der Waals surface area (Å²) in [6.07, 6.45) is -2.78. The Morgan fingerprint density at radius 2 is 1.88 bits per heavy atom. The van der Waals surface area contributed by atoms with Gasteiger partial charge in [0.15, 0.2) is 0 Å². The van der Waals surface area contributed by atoms with Gasteiger partial charge in [0.05, 0.1) is 11.5 Å². The van der Waals surface area contributed by atoms with E-state index >= 15 is 0 Å². The van der Waals surface area contributed by atoms with E-state index in [2.05, 4.69) is 10.2 Å². The van der Waals surface area contributed by atoms with Crippen LogP contribution in [0.4, 0.5) is 18.9 Å². The summed E-state index contributed by atoms with van der Waals surface area (Å²) in [5.41, 5.74) is 0.612. The number of rotatable bonds is 4. The van der Waals surface area contributed by atoms with Crippen LogP contribution in [0.2, 0.25) is 0 Å². The number of anilines is 1. The lowest BCUT2D eigenvalue weighted by Gasteiger charge is -2.32. The molecule has 0 aromatic heterocycles. The third-order valence-electron chi connectivity index (χ3n) is 4.58. The smallest absolute Gasteiger partial charge is 0.326 e. The fraction of sp³-hybridized carbons (Fsp3) is 0.350. The molecule has 138 valence electrons. The number of carbonyl (C=O) groups is 1. The number of benzene rings is 2. The quantitative estimate of drug-likeness (QED) is 0.865. The Morgan fingerprint density at radius 3 is 2.62 bits per heavy atom. The highest BCUT2D eigenvalue weighted by Crippen LogP contribution is 2.31. The molecule has 26 heavy (non-hydrogen) atoms. The number of piperidine rings is 1. The number of hydrogen-bond acceptors (Lipinski definition) is 2. The van der Waals surface area contributed by atoms with Gasteiger partial charge in [0.1, 0.15) is 0 Å². The molecular formula is C20H21F3N2O. The SMILES string of the molecule is O=C(Nc1cccc(C(F)(F)F)c1)[C@@H]1CCCN(Cc2ccccc2)C1. The molecule has 1 aliphatic heterocycles. The summed E-state index contributed by atoms with van der Waals surface area (Å²) in [6, 6.07) is 14.8. The first-order valence-electron chi connectivity index (χ1n) is 8.66. The highest BCUT2D eigenvalue weighted by molar-refractivity contribution is 5.92. The van der Waals surface area contributed by atoms with E-state index in [1.54, 1.807) is 0 Å². The molecule has 0 bridgehead atoms. The van der Waals surface area contributed by atoms with Crippen LogP contribution in [0.3, 0.4) is 0 Å². The second kappa shape index (κ2) is 7.91. The maximum atomic E-state index is 12.8. The van der Waals surface area contributed by atoms with Gasteiger partial charge < -0.3 is 5.32 Å². The van der Waals surface area contributed by atoms with Crippen molar-refractivity contribution in [3.8, 4) is 0 Å². The van der Waals surface area contributed by atoms with Gasteiger partial charge in [-0.05, 0) is 43.1 Å². The molecule has 0 saturated carbocycles. The van der Waals surface area contributed by atoms with Crippen LogP contribution in [-0.4, -0.2) is 23.9 Å². The zero-order chi connectivity index (χ0) is 18.6. The number of nitrogens with one attached hydrogen (secondary N) is 1. The lowest BCUT2D eigenvalue weighted by Crippen LogP contribution is -2.40. The minimum Gasteiger partial charge on any atom is -0.326 e. The molecule has 0 aliphatic carbocycles. The first-order valence-corrected chi connectivity index (χ1v) is 8.66. The summed E-state index contributed by atoms with van der Waals surface area (Å²) in [5.74, 6) is -0.441. The van der Waals surface area contributed by atoms with E-state index in [1.807, 2.05) is 30.3 Å². The number of amides is 1. The summed E-state index contributed by atoms with van der Waals surface area (Å²) >= 11 is 0. The molecule has 1 saturated heterocycles. The Labute approximate surface area is 150 Å². The molecule has 2 aromatic carbocycles. The lowest BCUT2D eigenvalue weighted by atomic mass is 9.96. The van der Waals surface area contributed by atoms with Crippen LogP contribution in [-0.2, 0) is 17.5 Å². The van der Waals surface area contributed by atoms with Gasteiger partial charge in [-0.2, -0.15) is 13.2 Å². The molecular weight excluding hydrogens is 341 g/mol. The zero-order valence-electron chi connectivity index (χ0n) is 14.3. The Kier molecular flexibility index (Phi) is 5.61. The molecule has 3 nitrogen and oxygen atoms in total. The Hall–Kier alpha value is -2.34. The zero-order valence-corrected chi connectivity index (χ0v) is 14.3. The highest BCUT2D eigenvalue weighted by Gasteiger charge is 2.31. The first kappa shape index (κ1) is 18.5. The van der Waals surface area contributed by atoms with Gasteiger partial charge in [-0.15, -0.1) is 0 Å². The third-order valence-corrected chi connectivity index (χ3v) is 4.58. The summed E-state index contributed by atoms with van der Waals surface area (Å²) in [6.45, 7) is 2.30. The standard InChI is InChI=1S/C20H21F3N2O/c21-20(22,23)17-9-4-10-18(12-17)24-19(26)16-8-5-11-25(14-16)13-15-6-2-1-3-7-15/h1-4,6-7,9-10,12,16H,5,8,11,13-14H2,(H,24,26)/t16-/m1/s1. The third kappa shape index (κ3) is 4.85. The van der Waals surface area contributed by atoms with Crippen LogP contribution in [0, 0.1) is 5.92 Å². The van der Waals surface area contributed by atoms with Crippen molar-refractivity contribution >= 4 is 11.6 Å². The van der Waals surface area contributed by atoms with Gasteiger partial charge in [-0.3, -0.25) is 9.69 Å². The molecule has 1 amide bonds. The molecule has 1 heterocycles. The second-order valence-electron chi connectivity index (χ2n) is 6.63. The van der Waals surface area contributed by atoms with Crippen LogP contribution >= 0.6 is 0 Å². The number of hydrogen-bond donors (Lipinski definition) is 1. The maximum absolute atomic E-state index is 12.8. The summed E-state index contributed by atoms with van der Waals surface area (Å²) in [5, 5.41) is 2.64. The Bertz CT molecular complexity index is 746. The van der Waals surface area contributed by atoms with E-state index in [-0.39, 0.29) is 17.5 Å². The van der Waals surface area contributed by atoms with Crippen molar-refractivity contribution < 1.29 is 18.0 Å². The lowest BCUT2D eigenvalue weighted by molar-refractivity contribution is -0.137. The van der Waals surface area contributed by atoms with Crippen LogP contribution in [0.15, 0.2) is 54.6 Å². The monoisotopic (exact) mass is 362 g/mol. The van der Waals surface area contributed by atoms with Crippen molar-refractivity contribution in [3.05, 3.63) is 65.7 Å². The van der Waals surface area contributed by atoms with Crippen molar-refractivity contribution in [1.29, 1.82) is 0 Å². The minimum absolute atomic E-state index is 0.185. The number of likely N-dealkylation sites (tertiary alicyclic amines) is 1. The predicted octanol–water partition coefficient (Wildman–Crippen LogP) is 4.56. The van der Waals surface area contributed by atoms with Crippen LogP contribution in [0.1, 0.15) is 24.0 Å². The molecule has 0 spiro atoms. The summed E-state index contributed by atoms with van der Waals surface area (Å²) in [7, 11) is 0. The molecule has 3 rings (SSSR count). The fourth-order valence-electron chi connectivity index (χ4n) is 3.27. The number of alkyl halides is 3. The van der Waals surface area contributed by atoms with Crippen molar-refractivity contribution in [3.63, 3.8) is 0 Å². The Morgan fingerprint density at radius 1 is 1.12 bits per heavy atom. The molecule has 2 aromatic rings. The van der Waals surface area contributed by atoms with Gasteiger partial charge in [-0.25, -0.2) is 0 Å². The number of carbonyl (C=O) groups excluding carboxylic acids is 1. The van der Waals surface area contributed by atoms with Gasteiger partial charge in [0, 0.05) is 18.8 Å². The van der Waals surface area contributed by atoms with Gasteiger partial charge in [0.2, 0.25) is 5.91 Å². The fourth-order valence-corrected chi connectivity index (χ4v) is 3.27. The van der Waals surface area contributed by atoms with Crippen LogP contribution < -0.4 is 5.32 Å². The topological polar surface area (TPSA) is 32.3 Å². The highest BCUT2D eigenvalue weighted by atomic mass is 19.4. The molecule has 1 atom stereocenters. The summed E-state index contributed by atoms with van der Waals surface area (Å²) < 4.78 is 38.4. The van der Waals surface area contributed by atoms with E-state index < -0.39 is 11.7 Å². The number of nitrogens with zero attached hydrogens (tertiary/aromatic N) is 1. The van der Waals surface area contributed by atoms with E-state index in [1.165, 1.54) is 17.7 Å². The molecule has 1 fully saturated rings. The second-order valence-corrected chi connectivity index (χ2v) is 6.63.